The van der Waals surface area contributed by atoms with Crippen LogP contribution in [-0.4, -0.2) is 16.1 Å². The molecule has 0 radical (unpaired) electrons. The Bertz CT molecular complexity index is 601. The summed E-state index contributed by atoms with van der Waals surface area (Å²) in [6.45, 7) is 0.0694. The van der Waals surface area contributed by atoms with E-state index in [9.17, 15) is 14.3 Å². The number of halogens is 1. The first-order chi connectivity index (χ1) is 9.58. The zero-order chi connectivity index (χ0) is 14.5. The van der Waals surface area contributed by atoms with E-state index in [2.05, 4.69) is 5.32 Å². The Kier molecular flexibility index (Phi) is 4.32. The Hall–Kier alpha value is -2.40. The lowest BCUT2D eigenvalue weighted by Crippen LogP contribution is -2.28. The van der Waals surface area contributed by atoms with Gasteiger partial charge in [-0.2, -0.15) is 0 Å². The number of hydrogen-bond acceptors (Lipinski definition) is 3. The molecule has 2 aromatic rings. The Balaban J connectivity index is 1.96. The Labute approximate surface area is 115 Å². The van der Waals surface area contributed by atoms with Gasteiger partial charge in [-0.1, -0.05) is 36.4 Å². The van der Waals surface area contributed by atoms with Gasteiger partial charge in [-0.15, -0.1) is 0 Å². The molecule has 0 bridgehead atoms. The van der Waals surface area contributed by atoms with Crippen molar-refractivity contribution in [1.82, 2.24) is 5.32 Å². The van der Waals surface area contributed by atoms with E-state index in [1.807, 2.05) is 0 Å². The number of aromatic hydroxyl groups is 1. The van der Waals surface area contributed by atoms with Crippen molar-refractivity contribution in [2.45, 2.75) is 12.6 Å². The number of carbonyl (C=O) groups excluding carboxylic acids is 1. The highest BCUT2D eigenvalue weighted by Crippen LogP contribution is 2.16. The molecule has 0 aliphatic heterocycles. The second kappa shape index (κ2) is 6.16. The standard InChI is InChI=1S/C15H14FNO3/c16-12-8-10(6-7-13(12)18)9-17-15(20)14(19)11-4-2-1-3-5-11/h1-8,14,18-19H,9H2,(H,17,20)/t14-/m0/s1. The van der Waals surface area contributed by atoms with Crippen LogP contribution in [0, 0.1) is 5.82 Å². The summed E-state index contributed by atoms with van der Waals surface area (Å²) in [6, 6.07) is 12.4. The maximum atomic E-state index is 13.1. The molecule has 4 nitrogen and oxygen atoms in total. The van der Waals surface area contributed by atoms with Gasteiger partial charge in [0.1, 0.15) is 0 Å². The first-order valence-corrected chi connectivity index (χ1v) is 6.06. The van der Waals surface area contributed by atoms with Crippen molar-refractivity contribution in [3.63, 3.8) is 0 Å². The summed E-state index contributed by atoms with van der Waals surface area (Å²) in [5, 5.41) is 21.4. The summed E-state index contributed by atoms with van der Waals surface area (Å²) in [6.07, 6.45) is -1.27. The molecule has 20 heavy (non-hydrogen) atoms. The topological polar surface area (TPSA) is 69.6 Å². The highest BCUT2D eigenvalue weighted by Gasteiger charge is 2.16. The van der Waals surface area contributed by atoms with Crippen LogP contribution in [0.25, 0.3) is 0 Å². The minimum atomic E-state index is -1.27. The molecule has 0 unspecified atom stereocenters. The molecule has 0 spiro atoms. The van der Waals surface area contributed by atoms with Gasteiger partial charge < -0.3 is 15.5 Å². The summed E-state index contributed by atoms with van der Waals surface area (Å²) >= 11 is 0. The van der Waals surface area contributed by atoms with E-state index in [1.54, 1.807) is 30.3 Å². The highest BCUT2D eigenvalue weighted by molar-refractivity contribution is 5.81. The number of phenolic OH excluding ortho intramolecular Hbond substituents is 1. The molecular weight excluding hydrogens is 261 g/mol. The molecule has 1 amide bonds. The monoisotopic (exact) mass is 275 g/mol. The van der Waals surface area contributed by atoms with Crippen LogP contribution in [0.2, 0.25) is 0 Å². The zero-order valence-corrected chi connectivity index (χ0v) is 10.6. The lowest BCUT2D eigenvalue weighted by atomic mass is 10.1. The van der Waals surface area contributed by atoms with Gasteiger partial charge in [-0.25, -0.2) is 4.39 Å². The molecular formula is C15H14FNO3. The predicted octanol–water partition coefficient (Wildman–Crippen LogP) is 1.88. The molecule has 104 valence electrons. The number of aliphatic hydroxyl groups is 1. The minimum absolute atomic E-state index is 0.0694. The average molecular weight is 275 g/mol. The fraction of sp³-hybridized carbons (Fsp3) is 0.133. The number of amides is 1. The third kappa shape index (κ3) is 3.33. The van der Waals surface area contributed by atoms with Crippen LogP contribution in [0.15, 0.2) is 48.5 Å². The maximum absolute atomic E-state index is 13.1. The average Bonchev–Trinajstić information content (AvgIpc) is 2.48. The number of hydrogen-bond donors (Lipinski definition) is 3. The molecule has 0 aromatic heterocycles. The lowest BCUT2D eigenvalue weighted by Gasteiger charge is -2.11. The lowest BCUT2D eigenvalue weighted by molar-refractivity contribution is -0.129. The van der Waals surface area contributed by atoms with Crippen LogP contribution in [0.3, 0.4) is 0 Å². The summed E-state index contributed by atoms with van der Waals surface area (Å²) in [5.41, 5.74) is 0.982. The summed E-state index contributed by atoms with van der Waals surface area (Å²) in [7, 11) is 0. The first-order valence-electron chi connectivity index (χ1n) is 6.06. The molecule has 0 saturated carbocycles. The molecule has 3 N–H and O–H groups in total. The summed E-state index contributed by atoms with van der Waals surface area (Å²) in [4.78, 5) is 11.8. The number of nitrogens with one attached hydrogen (secondary N) is 1. The van der Waals surface area contributed by atoms with Gasteiger partial charge in [0, 0.05) is 6.54 Å². The van der Waals surface area contributed by atoms with Gasteiger partial charge in [-0.3, -0.25) is 4.79 Å². The van der Waals surface area contributed by atoms with Crippen molar-refractivity contribution in [1.29, 1.82) is 0 Å². The van der Waals surface area contributed by atoms with Crippen LogP contribution >= 0.6 is 0 Å². The SMILES string of the molecule is O=C(NCc1ccc(O)c(F)c1)[C@@H](O)c1ccccc1. The van der Waals surface area contributed by atoms with Gasteiger partial charge in [0.05, 0.1) is 0 Å². The van der Waals surface area contributed by atoms with E-state index in [-0.39, 0.29) is 6.54 Å². The van der Waals surface area contributed by atoms with E-state index in [0.717, 1.165) is 6.07 Å². The molecule has 0 heterocycles. The zero-order valence-electron chi connectivity index (χ0n) is 10.6. The van der Waals surface area contributed by atoms with E-state index < -0.39 is 23.6 Å². The van der Waals surface area contributed by atoms with Gasteiger partial charge in [0.25, 0.3) is 5.91 Å². The highest BCUT2D eigenvalue weighted by atomic mass is 19.1. The van der Waals surface area contributed by atoms with Crippen LogP contribution in [0.1, 0.15) is 17.2 Å². The number of rotatable bonds is 4. The fourth-order valence-corrected chi connectivity index (χ4v) is 1.73. The quantitative estimate of drug-likeness (QED) is 0.798. The maximum Gasteiger partial charge on any atom is 0.253 e. The van der Waals surface area contributed by atoms with Crippen molar-refractivity contribution in [3.05, 3.63) is 65.5 Å². The van der Waals surface area contributed by atoms with E-state index in [1.165, 1.54) is 12.1 Å². The Morgan fingerprint density at radius 2 is 1.90 bits per heavy atom. The van der Waals surface area contributed by atoms with Crippen LogP contribution < -0.4 is 5.32 Å². The van der Waals surface area contributed by atoms with Crippen molar-refractivity contribution in [2.24, 2.45) is 0 Å². The number of carbonyl (C=O) groups is 1. The van der Waals surface area contributed by atoms with Gasteiger partial charge in [0.15, 0.2) is 17.7 Å². The largest absolute Gasteiger partial charge is 0.505 e. The normalized spacial score (nSPS) is 11.9. The third-order valence-electron chi connectivity index (χ3n) is 2.84. The molecule has 5 heteroatoms. The van der Waals surface area contributed by atoms with Crippen LogP contribution in [-0.2, 0) is 11.3 Å². The number of aliphatic hydroxyl groups excluding tert-OH is 1. The number of benzene rings is 2. The minimum Gasteiger partial charge on any atom is -0.505 e. The van der Waals surface area contributed by atoms with Gasteiger partial charge >= 0.3 is 0 Å². The van der Waals surface area contributed by atoms with Gasteiger partial charge in [-0.05, 0) is 23.3 Å². The molecule has 1 atom stereocenters. The van der Waals surface area contributed by atoms with Crippen LogP contribution in [0.4, 0.5) is 4.39 Å². The summed E-state index contributed by atoms with van der Waals surface area (Å²) < 4.78 is 13.1. The smallest absolute Gasteiger partial charge is 0.253 e. The second-order valence-corrected chi connectivity index (χ2v) is 4.32. The van der Waals surface area contributed by atoms with Crippen LogP contribution in [0.5, 0.6) is 5.75 Å². The molecule has 2 aromatic carbocycles. The van der Waals surface area contributed by atoms with E-state index in [4.69, 9.17) is 5.11 Å². The van der Waals surface area contributed by atoms with Crippen molar-refractivity contribution < 1.29 is 19.4 Å². The van der Waals surface area contributed by atoms with Gasteiger partial charge in [0.2, 0.25) is 0 Å². The molecule has 2 rings (SSSR count). The fourth-order valence-electron chi connectivity index (χ4n) is 1.73. The Morgan fingerprint density at radius 1 is 1.20 bits per heavy atom. The first kappa shape index (κ1) is 14.0. The van der Waals surface area contributed by atoms with Crippen molar-refractivity contribution >= 4 is 5.91 Å². The van der Waals surface area contributed by atoms with E-state index in [0.29, 0.717) is 11.1 Å². The van der Waals surface area contributed by atoms with Crippen molar-refractivity contribution in [3.8, 4) is 5.75 Å². The van der Waals surface area contributed by atoms with Crippen molar-refractivity contribution in [2.75, 3.05) is 0 Å². The second-order valence-electron chi connectivity index (χ2n) is 4.32. The third-order valence-corrected chi connectivity index (χ3v) is 2.84. The molecule has 0 aliphatic carbocycles. The van der Waals surface area contributed by atoms with E-state index >= 15 is 0 Å². The summed E-state index contributed by atoms with van der Waals surface area (Å²) in [5.74, 6) is -1.76. The number of phenols is 1. The predicted molar refractivity (Wildman–Crippen MR) is 71.3 cm³/mol. The molecule has 0 aliphatic rings. The molecule has 0 saturated heterocycles. The molecule has 0 fully saturated rings. The Morgan fingerprint density at radius 3 is 2.55 bits per heavy atom.